The largest absolute Gasteiger partial charge is 0.497 e. The molecular formula is C16H19FN2O. The normalized spacial score (nSPS) is 12.2. The fraction of sp³-hybridized carbons (Fsp3) is 0.250. The Kier molecular flexibility index (Phi) is 4.37. The maximum absolute atomic E-state index is 14.2. The highest BCUT2D eigenvalue weighted by Gasteiger charge is 2.17. The average molecular weight is 274 g/mol. The zero-order valence-electron chi connectivity index (χ0n) is 11.9. The zero-order chi connectivity index (χ0) is 14.7. The molecule has 0 aliphatic carbocycles. The number of benzene rings is 2. The number of rotatable bonds is 4. The second kappa shape index (κ2) is 6.03. The van der Waals surface area contributed by atoms with Gasteiger partial charge >= 0.3 is 0 Å². The molecule has 2 aromatic rings. The number of nitrogens with one attached hydrogen (secondary N) is 1. The second-order valence-corrected chi connectivity index (χ2v) is 4.83. The summed E-state index contributed by atoms with van der Waals surface area (Å²) in [6, 6.07) is 10.4. The molecule has 3 N–H and O–H groups in total. The van der Waals surface area contributed by atoms with E-state index in [-0.39, 0.29) is 11.9 Å². The Morgan fingerprint density at radius 3 is 2.40 bits per heavy atom. The number of hydrogen-bond donors (Lipinski definition) is 2. The number of aryl methyl sites for hydroxylation is 2. The molecule has 0 bridgehead atoms. The van der Waals surface area contributed by atoms with E-state index in [9.17, 15) is 4.39 Å². The molecule has 0 saturated carbocycles. The Labute approximate surface area is 118 Å². The molecule has 0 fully saturated rings. The van der Waals surface area contributed by atoms with Crippen LogP contribution in [0.1, 0.15) is 28.3 Å². The van der Waals surface area contributed by atoms with Gasteiger partial charge in [0.15, 0.2) is 0 Å². The predicted octanol–water partition coefficient (Wildman–Crippen LogP) is 3.00. The van der Waals surface area contributed by atoms with Gasteiger partial charge in [0.25, 0.3) is 0 Å². The summed E-state index contributed by atoms with van der Waals surface area (Å²) in [5.41, 5.74) is 6.45. The van der Waals surface area contributed by atoms with Gasteiger partial charge in [-0.15, -0.1) is 0 Å². The Morgan fingerprint density at radius 1 is 1.10 bits per heavy atom. The molecule has 2 rings (SSSR count). The van der Waals surface area contributed by atoms with Gasteiger partial charge in [0.2, 0.25) is 0 Å². The maximum atomic E-state index is 14.2. The van der Waals surface area contributed by atoms with Crippen LogP contribution in [0.3, 0.4) is 0 Å². The van der Waals surface area contributed by atoms with E-state index < -0.39 is 0 Å². The lowest BCUT2D eigenvalue weighted by atomic mass is 9.95. The third-order valence-electron chi connectivity index (χ3n) is 3.55. The molecule has 106 valence electrons. The summed E-state index contributed by atoms with van der Waals surface area (Å²) in [4.78, 5) is 0. The average Bonchev–Trinajstić information content (AvgIpc) is 2.45. The Bertz CT molecular complexity index is 613. The van der Waals surface area contributed by atoms with Crippen molar-refractivity contribution in [3.63, 3.8) is 0 Å². The van der Waals surface area contributed by atoms with E-state index in [1.165, 1.54) is 18.7 Å². The number of ether oxygens (including phenoxy) is 1. The van der Waals surface area contributed by atoms with E-state index in [1.807, 2.05) is 32.0 Å². The van der Waals surface area contributed by atoms with Crippen LogP contribution >= 0.6 is 0 Å². The number of nitrogens with two attached hydrogens (primary N) is 1. The summed E-state index contributed by atoms with van der Waals surface area (Å²) >= 11 is 0. The SMILES string of the molecule is COc1ccc(C(NN)c2ccc(C)c(C)c2)c(F)c1. The highest BCUT2D eigenvalue weighted by atomic mass is 19.1. The molecule has 2 aromatic carbocycles. The lowest BCUT2D eigenvalue weighted by Crippen LogP contribution is -2.29. The number of methoxy groups -OCH3 is 1. The summed E-state index contributed by atoms with van der Waals surface area (Å²) in [5, 5.41) is 0. The minimum atomic E-state index is -0.389. The van der Waals surface area contributed by atoms with Gasteiger partial charge in [-0.2, -0.15) is 0 Å². The highest BCUT2D eigenvalue weighted by molar-refractivity contribution is 5.39. The third kappa shape index (κ3) is 2.81. The Hall–Kier alpha value is -1.91. The Balaban J connectivity index is 2.43. The first-order valence-corrected chi connectivity index (χ1v) is 6.43. The van der Waals surface area contributed by atoms with Crippen LogP contribution in [-0.4, -0.2) is 7.11 Å². The molecule has 1 unspecified atom stereocenters. The number of halogens is 1. The summed E-state index contributed by atoms with van der Waals surface area (Å²) < 4.78 is 19.2. The molecule has 0 aliphatic heterocycles. The minimum Gasteiger partial charge on any atom is -0.497 e. The van der Waals surface area contributed by atoms with Gasteiger partial charge in [0.1, 0.15) is 11.6 Å². The minimum absolute atomic E-state index is 0.342. The fourth-order valence-corrected chi connectivity index (χ4v) is 2.18. The third-order valence-corrected chi connectivity index (χ3v) is 3.55. The number of hydrazine groups is 1. The first kappa shape index (κ1) is 14.5. The van der Waals surface area contributed by atoms with Crippen molar-refractivity contribution in [1.29, 1.82) is 0 Å². The van der Waals surface area contributed by atoms with Crippen LogP contribution in [0, 0.1) is 19.7 Å². The first-order chi connectivity index (χ1) is 9.56. The number of hydrogen-bond acceptors (Lipinski definition) is 3. The van der Waals surface area contributed by atoms with Crippen LogP contribution in [0.25, 0.3) is 0 Å². The van der Waals surface area contributed by atoms with Crippen LogP contribution in [-0.2, 0) is 0 Å². The fourth-order valence-electron chi connectivity index (χ4n) is 2.18. The van der Waals surface area contributed by atoms with Crippen LogP contribution in [0.4, 0.5) is 4.39 Å². The second-order valence-electron chi connectivity index (χ2n) is 4.83. The molecular weight excluding hydrogens is 255 g/mol. The smallest absolute Gasteiger partial charge is 0.132 e. The van der Waals surface area contributed by atoms with Crippen molar-refractivity contribution in [2.75, 3.05) is 7.11 Å². The summed E-state index contributed by atoms with van der Waals surface area (Å²) in [6.07, 6.45) is 0. The molecule has 0 heterocycles. The van der Waals surface area contributed by atoms with Crippen LogP contribution in [0.5, 0.6) is 5.75 Å². The predicted molar refractivity (Wildman–Crippen MR) is 78.0 cm³/mol. The topological polar surface area (TPSA) is 47.3 Å². The first-order valence-electron chi connectivity index (χ1n) is 6.43. The van der Waals surface area contributed by atoms with Gasteiger partial charge in [-0.05, 0) is 36.6 Å². The standard InChI is InChI=1S/C16H19FN2O/c1-10-4-5-12(8-11(10)2)16(19-18)14-7-6-13(20-3)9-15(14)17/h4-9,16,19H,18H2,1-3H3. The van der Waals surface area contributed by atoms with Crippen molar-refractivity contribution in [3.8, 4) is 5.75 Å². The zero-order valence-corrected chi connectivity index (χ0v) is 11.9. The maximum Gasteiger partial charge on any atom is 0.132 e. The molecule has 3 nitrogen and oxygen atoms in total. The van der Waals surface area contributed by atoms with Gasteiger partial charge in [0, 0.05) is 11.6 Å². The molecule has 0 saturated heterocycles. The van der Waals surface area contributed by atoms with Gasteiger partial charge in [0.05, 0.1) is 13.2 Å². The summed E-state index contributed by atoms with van der Waals surface area (Å²) in [6.45, 7) is 4.06. The molecule has 0 radical (unpaired) electrons. The van der Waals surface area contributed by atoms with E-state index >= 15 is 0 Å². The van der Waals surface area contributed by atoms with E-state index in [0.29, 0.717) is 11.3 Å². The van der Waals surface area contributed by atoms with Crippen molar-refractivity contribution in [1.82, 2.24) is 5.43 Å². The summed E-state index contributed by atoms with van der Waals surface area (Å²) in [5.74, 6) is 5.76. The van der Waals surface area contributed by atoms with Crippen molar-refractivity contribution in [3.05, 3.63) is 64.5 Å². The van der Waals surface area contributed by atoms with Crippen molar-refractivity contribution < 1.29 is 9.13 Å². The molecule has 0 amide bonds. The van der Waals surface area contributed by atoms with Gasteiger partial charge < -0.3 is 4.74 Å². The molecule has 0 aromatic heterocycles. The van der Waals surface area contributed by atoms with Crippen LogP contribution in [0.15, 0.2) is 36.4 Å². The molecule has 1 atom stereocenters. The Morgan fingerprint density at radius 2 is 1.85 bits per heavy atom. The van der Waals surface area contributed by atoms with Crippen molar-refractivity contribution in [2.24, 2.45) is 5.84 Å². The lowest BCUT2D eigenvalue weighted by Gasteiger charge is -2.19. The molecule has 20 heavy (non-hydrogen) atoms. The van der Waals surface area contributed by atoms with Crippen molar-refractivity contribution >= 4 is 0 Å². The quantitative estimate of drug-likeness (QED) is 0.665. The monoisotopic (exact) mass is 274 g/mol. The van der Waals surface area contributed by atoms with Crippen molar-refractivity contribution in [2.45, 2.75) is 19.9 Å². The summed E-state index contributed by atoms with van der Waals surface area (Å²) in [7, 11) is 1.51. The lowest BCUT2D eigenvalue weighted by molar-refractivity contribution is 0.410. The van der Waals surface area contributed by atoms with Gasteiger partial charge in [-0.25, -0.2) is 9.82 Å². The van der Waals surface area contributed by atoms with Gasteiger partial charge in [-0.1, -0.05) is 24.3 Å². The van der Waals surface area contributed by atoms with Crippen LogP contribution < -0.4 is 16.0 Å². The van der Waals surface area contributed by atoms with E-state index in [0.717, 1.165) is 11.1 Å². The van der Waals surface area contributed by atoms with Crippen LogP contribution in [0.2, 0.25) is 0 Å². The molecule has 0 spiro atoms. The highest BCUT2D eigenvalue weighted by Crippen LogP contribution is 2.27. The van der Waals surface area contributed by atoms with E-state index in [2.05, 4.69) is 5.43 Å². The van der Waals surface area contributed by atoms with E-state index in [4.69, 9.17) is 10.6 Å². The van der Waals surface area contributed by atoms with E-state index in [1.54, 1.807) is 12.1 Å². The molecule has 0 aliphatic rings. The molecule has 4 heteroatoms. The van der Waals surface area contributed by atoms with Gasteiger partial charge in [-0.3, -0.25) is 5.84 Å².